The van der Waals surface area contributed by atoms with Crippen molar-refractivity contribution < 1.29 is 20.4 Å². The molecule has 0 aromatic heterocycles. The number of aliphatic hydroxyl groups is 4. The van der Waals surface area contributed by atoms with Crippen LogP contribution in [0.5, 0.6) is 0 Å². The molecule has 2 aromatic carbocycles. The van der Waals surface area contributed by atoms with Crippen LogP contribution in [-0.2, 0) is 26.4 Å². The first-order valence-corrected chi connectivity index (χ1v) is 8.00. The van der Waals surface area contributed by atoms with Gasteiger partial charge in [0.25, 0.3) is 0 Å². The molecule has 0 amide bonds. The fourth-order valence-electron chi connectivity index (χ4n) is 2.73. The van der Waals surface area contributed by atoms with E-state index in [1.165, 1.54) is 0 Å². The molecule has 0 heterocycles. The summed E-state index contributed by atoms with van der Waals surface area (Å²) in [6.07, 6.45) is 0. The van der Waals surface area contributed by atoms with Crippen molar-refractivity contribution >= 4 is 0 Å². The zero-order chi connectivity index (χ0) is 18.3. The van der Waals surface area contributed by atoms with Crippen LogP contribution in [0.2, 0.25) is 0 Å². The van der Waals surface area contributed by atoms with E-state index < -0.39 is 0 Å². The number of aryl methyl sites for hydroxylation is 4. The first-order valence-electron chi connectivity index (χ1n) is 8.00. The van der Waals surface area contributed by atoms with Gasteiger partial charge in [-0.05, 0) is 72.2 Å². The zero-order valence-corrected chi connectivity index (χ0v) is 14.9. The van der Waals surface area contributed by atoms with E-state index in [2.05, 4.69) is 0 Å². The van der Waals surface area contributed by atoms with Gasteiger partial charge < -0.3 is 20.4 Å². The predicted molar refractivity (Wildman–Crippen MR) is 95.5 cm³/mol. The Morgan fingerprint density at radius 2 is 0.625 bits per heavy atom. The summed E-state index contributed by atoms with van der Waals surface area (Å²) < 4.78 is 0. The van der Waals surface area contributed by atoms with Gasteiger partial charge >= 0.3 is 0 Å². The molecule has 0 saturated carbocycles. The molecule has 0 saturated heterocycles. The van der Waals surface area contributed by atoms with Crippen LogP contribution in [0.25, 0.3) is 0 Å². The maximum absolute atomic E-state index is 9.04. The van der Waals surface area contributed by atoms with Crippen LogP contribution < -0.4 is 0 Å². The highest BCUT2D eigenvalue weighted by atomic mass is 16.3. The third-order valence-electron chi connectivity index (χ3n) is 4.43. The average Bonchev–Trinajstić information content (AvgIpc) is 2.58. The molecule has 0 atom stereocenters. The lowest BCUT2D eigenvalue weighted by molar-refractivity contribution is 0.258. The van der Waals surface area contributed by atoms with E-state index in [0.717, 1.165) is 44.5 Å². The molecule has 0 fully saturated rings. The van der Waals surface area contributed by atoms with Crippen LogP contribution in [0, 0.1) is 27.7 Å². The van der Waals surface area contributed by atoms with E-state index >= 15 is 0 Å². The minimum atomic E-state index is 0.00338. The second kappa shape index (κ2) is 9.55. The van der Waals surface area contributed by atoms with Gasteiger partial charge in [0.1, 0.15) is 0 Å². The van der Waals surface area contributed by atoms with E-state index in [1.54, 1.807) is 0 Å². The Morgan fingerprint density at radius 1 is 0.458 bits per heavy atom. The van der Waals surface area contributed by atoms with Gasteiger partial charge in [0, 0.05) is 0 Å². The quantitative estimate of drug-likeness (QED) is 0.694. The molecule has 0 spiro atoms. The Hall–Kier alpha value is -1.72. The fraction of sp³-hybridized carbons (Fsp3) is 0.400. The Labute approximate surface area is 144 Å². The molecular weight excluding hydrogens is 304 g/mol. The van der Waals surface area contributed by atoms with Crippen LogP contribution in [0.4, 0.5) is 0 Å². The van der Waals surface area contributed by atoms with Crippen molar-refractivity contribution in [3.8, 4) is 0 Å². The molecule has 0 radical (unpaired) electrons. The lowest BCUT2D eigenvalue weighted by Crippen LogP contribution is -1.99. The van der Waals surface area contributed by atoms with Gasteiger partial charge in [0.05, 0.1) is 26.4 Å². The Balaban J connectivity index is 0.000000240. The maximum Gasteiger partial charge on any atom is 0.0688 e. The van der Waals surface area contributed by atoms with Crippen LogP contribution in [-0.4, -0.2) is 20.4 Å². The molecule has 24 heavy (non-hydrogen) atoms. The largest absolute Gasteiger partial charge is 0.392 e. The molecule has 132 valence electrons. The normalized spacial score (nSPS) is 10.3. The number of aliphatic hydroxyl groups excluding tert-OH is 4. The number of hydrogen-bond acceptors (Lipinski definition) is 4. The third-order valence-corrected chi connectivity index (χ3v) is 4.43. The van der Waals surface area contributed by atoms with Gasteiger partial charge in [0.2, 0.25) is 0 Å². The van der Waals surface area contributed by atoms with Crippen molar-refractivity contribution in [2.45, 2.75) is 54.1 Å². The molecule has 2 aromatic rings. The molecule has 0 aliphatic rings. The van der Waals surface area contributed by atoms with Crippen LogP contribution in [0.3, 0.4) is 0 Å². The van der Waals surface area contributed by atoms with Crippen LogP contribution >= 0.6 is 0 Å². The lowest BCUT2D eigenvalue weighted by atomic mass is 9.98. The minimum absolute atomic E-state index is 0.00338. The second-order valence-corrected chi connectivity index (χ2v) is 5.95. The highest BCUT2D eigenvalue weighted by Gasteiger charge is 2.06. The fourth-order valence-corrected chi connectivity index (χ4v) is 2.73. The molecule has 2 rings (SSSR count). The van der Waals surface area contributed by atoms with Crippen molar-refractivity contribution in [2.24, 2.45) is 0 Å². The molecular formula is C20H28O4. The summed E-state index contributed by atoms with van der Waals surface area (Å²) in [5.74, 6) is 0. The van der Waals surface area contributed by atoms with Gasteiger partial charge in [-0.3, -0.25) is 0 Å². The summed E-state index contributed by atoms with van der Waals surface area (Å²) in [5.41, 5.74) is 7.57. The summed E-state index contributed by atoms with van der Waals surface area (Å²) in [6.45, 7) is 7.75. The first-order chi connectivity index (χ1) is 11.4. The van der Waals surface area contributed by atoms with Crippen molar-refractivity contribution in [2.75, 3.05) is 0 Å². The molecule has 0 unspecified atom stereocenters. The summed E-state index contributed by atoms with van der Waals surface area (Å²) in [5, 5.41) is 36.2. The van der Waals surface area contributed by atoms with E-state index in [4.69, 9.17) is 20.4 Å². The summed E-state index contributed by atoms with van der Waals surface area (Å²) in [7, 11) is 0. The minimum Gasteiger partial charge on any atom is -0.392 e. The zero-order valence-electron chi connectivity index (χ0n) is 14.9. The maximum atomic E-state index is 9.04. The number of rotatable bonds is 4. The van der Waals surface area contributed by atoms with E-state index in [9.17, 15) is 0 Å². The van der Waals surface area contributed by atoms with Gasteiger partial charge in [-0.2, -0.15) is 0 Å². The molecule has 0 aliphatic heterocycles. The lowest BCUT2D eigenvalue weighted by Gasteiger charge is -2.10. The molecule has 0 aliphatic carbocycles. The number of hydrogen-bond donors (Lipinski definition) is 4. The third kappa shape index (κ3) is 4.65. The summed E-state index contributed by atoms with van der Waals surface area (Å²) >= 11 is 0. The second-order valence-electron chi connectivity index (χ2n) is 5.95. The standard InChI is InChI=1S/2C10H14O2/c2*1-7-3-4-8(2)10(6-12)9(7)5-11/h2*3-4,11-12H,5-6H2,1-2H3. The molecule has 4 heteroatoms. The monoisotopic (exact) mass is 332 g/mol. The van der Waals surface area contributed by atoms with Crippen molar-refractivity contribution in [1.29, 1.82) is 0 Å². The predicted octanol–water partition coefficient (Wildman–Crippen LogP) is 2.58. The number of benzene rings is 2. The van der Waals surface area contributed by atoms with Crippen LogP contribution in [0.15, 0.2) is 24.3 Å². The Morgan fingerprint density at radius 3 is 0.750 bits per heavy atom. The summed E-state index contributed by atoms with van der Waals surface area (Å²) in [6, 6.07) is 7.83. The highest BCUT2D eigenvalue weighted by Crippen LogP contribution is 2.19. The van der Waals surface area contributed by atoms with Gasteiger partial charge in [0.15, 0.2) is 0 Å². The van der Waals surface area contributed by atoms with Gasteiger partial charge in [-0.1, -0.05) is 24.3 Å². The van der Waals surface area contributed by atoms with E-state index in [0.29, 0.717) is 0 Å². The first kappa shape index (κ1) is 20.3. The smallest absolute Gasteiger partial charge is 0.0688 e. The van der Waals surface area contributed by atoms with Gasteiger partial charge in [-0.25, -0.2) is 0 Å². The van der Waals surface area contributed by atoms with Gasteiger partial charge in [-0.15, -0.1) is 0 Å². The highest BCUT2D eigenvalue weighted by molar-refractivity contribution is 5.39. The Bertz CT molecular complexity index is 560. The van der Waals surface area contributed by atoms with Crippen LogP contribution in [0.1, 0.15) is 44.5 Å². The molecule has 0 bridgehead atoms. The molecule has 4 nitrogen and oxygen atoms in total. The Kier molecular flexibility index (Phi) is 8.08. The van der Waals surface area contributed by atoms with E-state index in [-0.39, 0.29) is 26.4 Å². The van der Waals surface area contributed by atoms with Crippen molar-refractivity contribution in [1.82, 2.24) is 0 Å². The van der Waals surface area contributed by atoms with Crippen molar-refractivity contribution in [3.05, 3.63) is 68.8 Å². The van der Waals surface area contributed by atoms with E-state index in [1.807, 2.05) is 52.0 Å². The van der Waals surface area contributed by atoms with Crippen molar-refractivity contribution in [3.63, 3.8) is 0 Å². The molecule has 4 N–H and O–H groups in total. The topological polar surface area (TPSA) is 80.9 Å². The average molecular weight is 332 g/mol. The SMILES string of the molecule is Cc1ccc(C)c(CO)c1CO.Cc1ccc(C)c(CO)c1CO. The summed E-state index contributed by atoms with van der Waals surface area (Å²) in [4.78, 5) is 0.